The maximum atomic E-state index is 9.72. The van der Waals surface area contributed by atoms with Gasteiger partial charge in [-0.1, -0.05) is 0 Å². The van der Waals surface area contributed by atoms with Crippen molar-refractivity contribution in [2.45, 2.75) is 19.4 Å². The monoisotopic (exact) mass is 114 g/mol. The van der Waals surface area contributed by atoms with E-state index in [9.17, 15) is 4.79 Å². The smallest absolute Gasteiger partial charge is 0.208 e. The average Bonchev–Trinajstić information content (AvgIpc) is 1.67. The summed E-state index contributed by atoms with van der Waals surface area (Å²) in [6, 6.07) is 1.90. The molecule has 0 aliphatic carbocycles. The summed E-state index contributed by atoms with van der Waals surface area (Å²) in [4.78, 5) is 9.72. The minimum Gasteiger partial charge on any atom is -0.341 e. The molecule has 0 aromatic carbocycles. The molecule has 3 heteroatoms. The molecule has 0 spiro atoms. The molecule has 3 nitrogen and oxygen atoms in total. The van der Waals surface area contributed by atoms with Crippen molar-refractivity contribution in [2.24, 2.45) is 0 Å². The lowest BCUT2D eigenvalue weighted by molar-refractivity contribution is -0.110. The lowest BCUT2D eigenvalue weighted by atomic mass is 10.1. The van der Waals surface area contributed by atoms with E-state index in [4.69, 9.17) is 5.26 Å². The maximum Gasteiger partial charge on any atom is 0.208 e. The van der Waals surface area contributed by atoms with E-state index in [1.54, 1.807) is 13.8 Å². The molecule has 0 saturated heterocycles. The van der Waals surface area contributed by atoms with Crippen molar-refractivity contribution in [2.75, 3.05) is 0 Å². The molecule has 0 radical (unpaired) electrons. The molecule has 1 amide bonds. The van der Waals surface area contributed by atoms with Crippen LogP contribution in [-0.4, -0.2) is 11.9 Å². The second-order valence-corrected chi connectivity index (χ2v) is 2.00. The van der Waals surface area contributed by atoms with Crippen molar-refractivity contribution in [3.8, 4) is 6.07 Å². The fourth-order valence-electron chi connectivity index (χ4n) is 0.180. The van der Waals surface area contributed by atoms with Gasteiger partial charge in [0.05, 0.1) is 6.07 Å². The Kier molecular flexibility index (Phi) is 2.01. The first-order chi connectivity index (χ1) is 3.62. The summed E-state index contributed by atoms with van der Waals surface area (Å²) in [6.07, 6.45) is 0.517. The van der Waals surface area contributed by atoms with Gasteiger partial charge in [-0.15, -0.1) is 0 Å². The van der Waals surface area contributed by atoms with Crippen LogP contribution in [0.15, 0.2) is 0 Å². The quantitative estimate of drug-likeness (QED) is 0.524. The lowest BCUT2D eigenvalue weighted by Gasteiger charge is -2.11. The van der Waals surface area contributed by atoms with Crippen LogP contribution in [0.5, 0.6) is 0 Å². The first-order valence-electron chi connectivity index (χ1n) is 2.25. The third kappa shape index (κ3) is 2.19. The summed E-state index contributed by atoms with van der Waals surface area (Å²) in [7, 11) is 0. The van der Waals surface area contributed by atoms with Crippen molar-refractivity contribution in [1.82, 2.24) is 5.32 Å². The molecule has 0 rings (SSSR count). The van der Waals surface area contributed by atoms with Crippen LogP contribution in [0.4, 0.5) is 0 Å². The van der Waals surface area contributed by atoms with Gasteiger partial charge >= 0.3 is 0 Å². The molecule has 0 saturated carbocycles. The molecular formula is C5H10N2O. The van der Waals surface area contributed by atoms with Crippen LogP contribution in [0.3, 0.4) is 0 Å². The number of nitrogens with zero attached hydrogens (tertiary/aromatic N) is 1. The molecule has 0 unspecified atom stereocenters. The summed E-state index contributed by atoms with van der Waals surface area (Å²) in [5, 5.41) is 10.6. The average molecular weight is 114 g/mol. The fourth-order valence-corrected chi connectivity index (χ4v) is 0.180. The lowest BCUT2D eigenvalue weighted by Crippen LogP contribution is -2.36. The molecule has 0 aliphatic rings. The number of nitriles is 1. The maximum absolute atomic E-state index is 9.72. The van der Waals surface area contributed by atoms with E-state index in [0.717, 1.165) is 0 Å². The van der Waals surface area contributed by atoms with Crippen molar-refractivity contribution >= 4 is 6.41 Å². The standard InChI is InChI=1S/C5H8N2O.H2/c1-5(2,3-6)7-4-8;/h4H,1-2H3,(H,7,8);1H. The summed E-state index contributed by atoms with van der Waals surface area (Å²) in [5.74, 6) is 0. The second kappa shape index (κ2) is 2.31. The largest absolute Gasteiger partial charge is 0.341 e. The van der Waals surface area contributed by atoms with E-state index in [2.05, 4.69) is 5.32 Å². The van der Waals surface area contributed by atoms with E-state index in [1.807, 2.05) is 6.07 Å². The Morgan fingerprint density at radius 3 is 2.50 bits per heavy atom. The highest BCUT2D eigenvalue weighted by Gasteiger charge is 2.12. The number of carbonyl (C=O) groups excluding carboxylic acids is 1. The Balaban J connectivity index is 0. The predicted molar refractivity (Wildman–Crippen MR) is 31.0 cm³/mol. The van der Waals surface area contributed by atoms with Crippen molar-refractivity contribution < 1.29 is 6.22 Å². The van der Waals surface area contributed by atoms with Gasteiger partial charge < -0.3 is 5.32 Å². The van der Waals surface area contributed by atoms with Crippen LogP contribution in [0, 0.1) is 11.3 Å². The van der Waals surface area contributed by atoms with Gasteiger partial charge in [-0.25, -0.2) is 0 Å². The van der Waals surface area contributed by atoms with Crippen LogP contribution in [0.1, 0.15) is 15.3 Å². The molecule has 0 atom stereocenters. The molecule has 0 heterocycles. The van der Waals surface area contributed by atoms with Crippen LogP contribution < -0.4 is 5.32 Å². The number of amides is 1. The van der Waals surface area contributed by atoms with E-state index in [0.29, 0.717) is 6.41 Å². The highest BCUT2D eigenvalue weighted by atomic mass is 16.1. The Morgan fingerprint density at radius 1 is 1.88 bits per heavy atom. The molecular weight excluding hydrogens is 104 g/mol. The summed E-state index contributed by atoms with van der Waals surface area (Å²) in [6.45, 7) is 3.25. The van der Waals surface area contributed by atoms with Gasteiger partial charge in [-0.05, 0) is 13.8 Å². The zero-order chi connectivity index (χ0) is 6.62. The molecule has 1 N–H and O–H groups in total. The highest BCUT2D eigenvalue weighted by molar-refractivity contribution is 5.48. The Morgan fingerprint density at radius 2 is 2.38 bits per heavy atom. The van der Waals surface area contributed by atoms with Crippen LogP contribution in [0.25, 0.3) is 0 Å². The zero-order valence-electron chi connectivity index (χ0n) is 4.93. The molecule has 0 bridgehead atoms. The van der Waals surface area contributed by atoms with E-state index in [1.165, 1.54) is 0 Å². The van der Waals surface area contributed by atoms with Crippen molar-refractivity contribution in [3.05, 3.63) is 0 Å². The molecule has 0 aromatic heterocycles. The van der Waals surface area contributed by atoms with Gasteiger partial charge in [0.25, 0.3) is 0 Å². The van der Waals surface area contributed by atoms with Crippen LogP contribution in [0.2, 0.25) is 0 Å². The first kappa shape index (κ1) is 6.96. The predicted octanol–water partition coefficient (Wildman–Crippen LogP) is 0.281. The summed E-state index contributed by atoms with van der Waals surface area (Å²) < 4.78 is 0. The van der Waals surface area contributed by atoms with E-state index < -0.39 is 5.54 Å². The molecule has 46 valence electrons. The Labute approximate surface area is 49.8 Å². The van der Waals surface area contributed by atoms with E-state index >= 15 is 0 Å². The van der Waals surface area contributed by atoms with E-state index in [-0.39, 0.29) is 1.43 Å². The van der Waals surface area contributed by atoms with Gasteiger partial charge in [0.15, 0.2) is 0 Å². The van der Waals surface area contributed by atoms with Gasteiger partial charge in [0, 0.05) is 1.43 Å². The van der Waals surface area contributed by atoms with Crippen molar-refractivity contribution in [3.63, 3.8) is 0 Å². The fraction of sp³-hybridized carbons (Fsp3) is 0.600. The van der Waals surface area contributed by atoms with Gasteiger partial charge in [0.1, 0.15) is 5.54 Å². The van der Waals surface area contributed by atoms with Gasteiger partial charge in [-0.3, -0.25) is 4.79 Å². The normalized spacial score (nSPS) is 9.62. The third-order valence-electron chi connectivity index (χ3n) is 0.699. The van der Waals surface area contributed by atoms with Gasteiger partial charge in [0.2, 0.25) is 6.41 Å². The molecule has 8 heavy (non-hydrogen) atoms. The Hall–Kier alpha value is -1.04. The molecule has 0 fully saturated rings. The SMILES string of the molecule is CC(C)(C#N)NC=O.[HH]. The van der Waals surface area contributed by atoms with Crippen LogP contribution >= 0.6 is 0 Å². The van der Waals surface area contributed by atoms with Crippen LogP contribution in [-0.2, 0) is 4.79 Å². The third-order valence-corrected chi connectivity index (χ3v) is 0.699. The minimum absolute atomic E-state index is 0. The summed E-state index contributed by atoms with van der Waals surface area (Å²) >= 11 is 0. The Bertz CT molecular complexity index is 127. The minimum atomic E-state index is -0.720. The highest BCUT2D eigenvalue weighted by Crippen LogP contribution is 1.94. The number of nitrogens with one attached hydrogen (secondary N) is 1. The number of hydrogen-bond donors (Lipinski definition) is 1. The zero-order valence-corrected chi connectivity index (χ0v) is 4.93. The topological polar surface area (TPSA) is 52.9 Å². The number of hydrogen-bond acceptors (Lipinski definition) is 2. The first-order valence-corrected chi connectivity index (χ1v) is 2.25. The van der Waals surface area contributed by atoms with Gasteiger partial charge in [-0.2, -0.15) is 5.26 Å². The van der Waals surface area contributed by atoms with Crippen molar-refractivity contribution in [1.29, 1.82) is 5.26 Å². The number of carbonyl (C=O) groups is 1. The molecule has 0 aliphatic heterocycles. The summed E-state index contributed by atoms with van der Waals surface area (Å²) in [5.41, 5.74) is -0.720. The number of rotatable bonds is 2. The molecule has 0 aromatic rings. The second-order valence-electron chi connectivity index (χ2n) is 2.00.